The van der Waals surface area contributed by atoms with Crippen LogP contribution in [-0.2, 0) is 11.3 Å². The lowest BCUT2D eigenvalue weighted by Gasteiger charge is -2.24. The zero-order valence-electron chi connectivity index (χ0n) is 16.6. The number of carbonyl (C=O) groups excluding carboxylic acids is 1. The Hall–Kier alpha value is -3.22. The standard InChI is InChI=1S/C21H24FNO5/c1-6-7-20(24)23(13-14-8-9-17(25-2)16(22)10-14)15-11-18(26-3)21(28-5)19(12-15)27-4/h6-12H,13H2,1-5H3/b7-6+. The van der Waals surface area contributed by atoms with Crippen molar-refractivity contribution in [3.8, 4) is 23.0 Å². The van der Waals surface area contributed by atoms with Gasteiger partial charge in [0.15, 0.2) is 23.1 Å². The Morgan fingerprint density at radius 1 is 0.964 bits per heavy atom. The van der Waals surface area contributed by atoms with Crippen molar-refractivity contribution in [3.05, 3.63) is 53.9 Å². The smallest absolute Gasteiger partial charge is 0.250 e. The Morgan fingerprint density at radius 2 is 1.57 bits per heavy atom. The molecule has 0 aromatic heterocycles. The molecule has 2 aromatic rings. The molecular formula is C21H24FNO5. The van der Waals surface area contributed by atoms with Crippen LogP contribution in [0.25, 0.3) is 0 Å². The summed E-state index contributed by atoms with van der Waals surface area (Å²) in [5, 5.41) is 0. The molecule has 0 N–H and O–H groups in total. The lowest BCUT2D eigenvalue weighted by atomic mass is 10.1. The fourth-order valence-electron chi connectivity index (χ4n) is 2.74. The van der Waals surface area contributed by atoms with E-state index in [1.54, 1.807) is 31.2 Å². The normalized spacial score (nSPS) is 10.6. The third-order valence-corrected chi connectivity index (χ3v) is 4.09. The first-order chi connectivity index (χ1) is 13.5. The highest BCUT2D eigenvalue weighted by molar-refractivity contribution is 6.01. The second-order valence-electron chi connectivity index (χ2n) is 5.78. The minimum atomic E-state index is -0.497. The van der Waals surface area contributed by atoms with Gasteiger partial charge in [0.1, 0.15) is 0 Å². The van der Waals surface area contributed by atoms with Gasteiger partial charge in [-0.15, -0.1) is 0 Å². The third kappa shape index (κ3) is 4.54. The number of allylic oxidation sites excluding steroid dienone is 1. The predicted octanol–water partition coefficient (Wildman–Crippen LogP) is 3.97. The molecule has 0 spiro atoms. The zero-order chi connectivity index (χ0) is 20.7. The highest BCUT2D eigenvalue weighted by atomic mass is 19.1. The molecule has 2 aromatic carbocycles. The average Bonchev–Trinajstić information content (AvgIpc) is 2.71. The first kappa shape index (κ1) is 21.1. The van der Waals surface area contributed by atoms with Crippen molar-refractivity contribution >= 4 is 11.6 Å². The van der Waals surface area contributed by atoms with Gasteiger partial charge < -0.3 is 23.8 Å². The number of amides is 1. The maximum absolute atomic E-state index is 14.1. The van der Waals surface area contributed by atoms with Gasteiger partial charge >= 0.3 is 0 Å². The summed E-state index contributed by atoms with van der Waals surface area (Å²) >= 11 is 0. The molecule has 0 bridgehead atoms. The first-order valence-electron chi connectivity index (χ1n) is 8.55. The number of ether oxygens (including phenoxy) is 4. The molecule has 0 aliphatic rings. The summed E-state index contributed by atoms with van der Waals surface area (Å²) < 4.78 is 35.1. The molecule has 1 amide bonds. The van der Waals surface area contributed by atoms with E-state index in [-0.39, 0.29) is 18.2 Å². The van der Waals surface area contributed by atoms with E-state index in [0.29, 0.717) is 28.5 Å². The van der Waals surface area contributed by atoms with Crippen molar-refractivity contribution in [2.75, 3.05) is 33.3 Å². The molecule has 0 aliphatic heterocycles. The Balaban J connectivity index is 2.52. The average molecular weight is 389 g/mol. The molecule has 0 heterocycles. The monoisotopic (exact) mass is 389 g/mol. The fraction of sp³-hybridized carbons (Fsp3) is 0.286. The Morgan fingerprint density at radius 3 is 2.04 bits per heavy atom. The van der Waals surface area contributed by atoms with E-state index in [2.05, 4.69) is 0 Å². The van der Waals surface area contributed by atoms with Gasteiger partial charge in [0.25, 0.3) is 5.91 Å². The number of methoxy groups -OCH3 is 4. The molecule has 0 atom stereocenters. The molecule has 7 heteroatoms. The van der Waals surface area contributed by atoms with Gasteiger partial charge in [-0.05, 0) is 30.7 Å². The van der Waals surface area contributed by atoms with Crippen molar-refractivity contribution in [1.29, 1.82) is 0 Å². The van der Waals surface area contributed by atoms with E-state index in [1.165, 1.54) is 51.5 Å². The second kappa shape index (κ2) is 9.64. The second-order valence-corrected chi connectivity index (χ2v) is 5.78. The fourth-order valence-corrected chi connectivity index (χ4v) is 2.74. The summed E-state index contributed by atoms with van der Waals surface area (Å²) in [6.07, 6.45) is 3.07. The number of benzene rings is 2. The van der Waals surface area contributed by atoms with Crippen LogP contribution in [0.15, 0.2) is 42.5 Å². The SMILES string of the molecule is C/C=C/C(=O)N(Cc1ccc(OC)c(F)c1)c1cc(OC)c(OC)c(OC)c1. The number of hydrogen-bond acceptors (Lipinski definition) is 5. The quantitative estimate of drug-likeness (QED) is 0.640. The van der Waals surface area contributed by atoms with Crippen molar-refractivity contribution < 1.29 is 28.1 Å². The first-order valence-corrected chi connectivity index (χ1v) is 8.55. The predicted molar refractivity (Wildman–Crippen MR) is 105 cm³/mol. The zero-order valence-corrected chi connectivity index (χ0v) is 16.6. The summed E-state index contributed by atoms with van der Waals surface area (Å²) in [5.74, 6) is 0.619. The van der Waals surface area contributed by atoms with Gasteiger partial charge in [0.2, 0.25) is 5.75 Å². The molecule has 0 saturated heterocycles. The van der Waals surface area contributed by atoms with Gasteiger partial charge in [0, 0.05) is 12.1 Å². The maximum atomic E-state index is 14.1. The lowest BCUT2D eigenvalue weighted by molar-refractivity contribution is -0.114. The van der Waals surface area contributed by atoms with E-state index in [9.17, 15) is 9.18 Å². The molecule has 0 saturated carbocycles. The number of hydrogen-bond donors (Lipinski definition) is 0. The van der Waals surface area contributed by atoms with Crippen molar-refractivity contribution in [1.82, 2.24) is 0 Å². The van der Waals surface area contributed by atoms with Crippen LogP contribution < -0.4 is 23.8 Å². The highest BCUT2D eigenvalue weighted by Gasteiger charge is 2.20. The van der Waals surface area contributed by atoms with Crippen LogP contribution in [0.5, 0.6) is 23.0 Å². The van der Waals surface area contributed by atoms with E-state index < -0.39 is 5.82 Å². The van der Waals surface area contributed by atoms with Crippen molar-refractivity contribution in [3.63, 3.8) is 0 Å². The summed E-state index contributed by atoms with van der Waals surface area (Å²) in [5.41, 5.74) is 1.12. The Labute approximate surface area is 164 Å². The highest BCUT2D eigenvalue weighted by Crippen LogP contribution is 2.41. The van der Waals surface area contributed by atoms with Crippen molar-refractivity contribution in [2.45, 2.75) is 13.5 Å². The minimum absolute atomic E-state index is 0.142. The van der Waals surface area contributed by atoms with Crippen molar-refractivity contribution in [2.24, 2.45) is 0 Å². The van der Waals surface area contributed by atoms with Crippen LogP contribution in [-0.4, -0.2) is 34.3 Å². The molecule has 150 valence electrons. The van der Waals surface area contributed by atoms with Crippen LogP contribution in [0.1, 0.15) is 12.5 Å². The molecule has 0 unspecified atom stereocenters. The molecule has 0 fully saturated rings. The molecule has 28 heavy (non-hydrogen) atoms. The number of rotatable bonds is 8. The van der Waals surface area contributed by atoms with Gasteiger partial charge in [-0.1, -0.05) is 12.1 Å². The number of nitrogens with zero attached hydrogens (tertiary/aromatic N) is 1. The van der Waals surface area contributed by atoms with E-state index >= 15 is 0 Å². The largest absolute Gasteiger partial charge is 0.494 e. The van der Waals surface area contributed by atoms with Gasteiger partial charge in [-0.3, -0.25) is 4.79 Å². The molecule has 0 radical (unpaired) electrons. The summed E-state index contributed by atoms with van der Waals surface area (Å²) in [6, 6.07) is 7.91. The minimum Gasteiger partial charge on any atom is -0.494 e. The van der Waals surface area contributed by atoms with Gasteiger partial charge in [-0.25, -0.2) is 4.39 Å². The summed E-state index contributed by atoms with van der Waals surface area (Å²) in [4.78, 5) is 14.2. The van der Waals surface area contributed by atoms with E-state index in [0.717, 1.165) is 0 Å². The number of carbonyl (C=O) groups is 1. The van der Waals surface area contributed by atoms with Gasteiger partial charge in [-0.2, -0.15) is 0 Å². The summed E-state index contributed by atoms with van der Waals surface area (Å²) in [6.45, 7) is 1.89. The maximum Gasteiger partial charge on any atom is 0.250 e. The molecule has 2 rings (SSSR count). The van der Waals surface area contributed by atoms with Gasteiger partial charge in [0.05, 0.1) is 40.7 Å². The van der Waals surface area contributed by atoms with Crippen LogP contribution in [0, 0.1) is 5.82 Å². The van der Waals surface area contributed by atoms with E-state index in [1.807, 2.05) is 0 Å². The topological polar surface area (TPSA) is 57.2 Å². The van der Waals surface area contributed by atoms with Crippen LogP contribution in [0.2, 0.25) is 0 Å². The van der Waals surface area contributed by atoms with Crippen LogP contribution in [0.3, 0.4) is 0 Å². The Kier molecular flexibility index (Phi) is 7.26. The van der Waals surface area contributed by atoms with Crippen LogP contribution in [0.4, 0.5) is 10.1 Å². The number of anilines is 1. The van der Waals surface area contributed by atoms with E-state index in [4.69, 9.17) is 18.9 Å². The number of halogens is 1. The summed E-state index contributed by atoms with van der Waals surface area (Å²) in [7, 11) is 5.90. The molecule has 0 aliphatic carbocycles. The third-order valence-electron chi connectivity index (χ3n) is 4.09. The molecule has 6 nitrogen and oxygen atoms in total. The van der Waals surface area contributed by atoms with Crippen LogP contribution >= 0.6 is 0 Å². The lowest BCUT2D eigenvalue weighted by Crippen LogP contribution is -2.28. The Bertz CT molecular complexity index is 841. The molecular weight excluding hydrogens is 365 g/mol.